The second-order valence-electron chi connectivity index (χ2n) is 4.65. The molecule has 0 unspecified atom stereocenters. The summed E-state index contributed by atoms with van der Waals surface area (Å²) in [4.78, 5) is 4.21. The van der Waals surface area contributed by atoms with Crippen molar-refractivity contribution in [2.75, 3.05) is 10.8 Å². The van der Waals surface area contributed by atoms with Crippen LogP contribution in [-0.2, 0) is 13.0 Å². The normalized spacial score (nSPS) is 16.8. The van der Waals surface area contributed by atoms with Gasteiger partial charge in [-0.3, -0.25) is 4.98 Å². The first-order valence-electron chi connectivity index (χ1n) is 6.15. The van der Waals surface area contributed by atoms with E-state index < -0.39 is 0 Å². The van der Waals surface area contributed by atoms with Gasteiger partial charge in [0, 0.05) is 43.2 Å². The van der Waals surface area contributed by atoms with Crippen LogP contribution in [-0.4, -0.2) is 11.5 Å². The Hall–Kier alpha value is -1.52. The number of aromatic nitrogens is 1. The molecule has 2 aromatic rings. The Labute approximate surface area is 110 Å². The molecular formula is C14H13N3S. The Morgan fingerprint density at radius 2 is 2.17 bits per heavy atom. The molecule has 0 amide bonds. The quantitative estimate of drug-likeness (QED) is 0.793. The Morgan fingerprint density at radius 3 is 3.06 bits per heavy atom. The minimum atomic E-state index is 0.942. The molecule has 18 heavy (non-hydrogen) atoms. The van der Waals surface area contributed by atoms with Crippen molar-refractivity contribution in [2.24, 2.45) is 0 Å². The summed E-state index contributed by atoms with van der Waals surface area (Å²) in [5, 5.41) is 0. The van der Waals surface area contributed by atoms with E-state index in [4.69, 9.17) is 0 Å². The molecule has 0 spiro atoms. The fraction of sp³-hybridized carbons (Fsp3) is 0.214. The van der Waals surface area contributed by atoms with E-state index in [2.05, 4.69) is 32.2 Å². The van der Waals surface area contributed by atoms with Crippen molar-refractivity contribution in [3.8, 4) is 11.1 Å². The van der Waals surface area contributed by atoms with Crippen LogP contribution in [0.3, 0.4) is 0 Å². The molecule has 1 aromatic heterocycles. The van der Waals surface area contributed by atoms with E-state index >= 15 is 0 Å². The molecule has 0 saturated heterocycles. The van der Waals surface area contributed by atoms with Gasteiger partial charge >= 0.3 is 0 Å². The number of pyridine rings is 1. The maximum absolute atomic E-state index is 4.21. The van der Waals surface area contributed by atoms with Crippen LogP contribution in [0.5, 0.6) is 0 Å². The zero-order valence-corrected chi connectivity index (χ0v) is 10.7. The molecule has 0 saturated carbocycles. The van der Waals surface area contributed by atoms with E-state index in [1.165, 1.54) is 27.9 Å². The highest BCUT2D eigenvalue weighted by Crippen LogP contribution is 2.41. The molecule has 0 aliphatic carbocycles. The summed E-state index contributed by atoms with van der Waals surface area (Å²) in [6, 6.07) is 8.73. The second kappa shape index (κ2) is 4.00. The molecule has 90 valence electrons. The van der Waals surface area contributed by atoms with E-state index in [0.29, 0.717) is 0 Å². The van der Waals surface area contributed by atoms with Crippen molar-refractivity contribution in [1.29, 1.82) is 0 Å². The van der Waals surface area contributed by atoms with Gasteiger partial charge in [0.2, 0.25) is 0 Å². The molecule has 2 aliphatic heterocycles. The lowest BCUT2D eigenvalue weighted by Crippen LogP contribution is -2.24. The molecule has 3 heterocycles. The zero-order chi connectivity index (χ0) is 11.9. The maximum atomic E-state index is 4.21. The molecule has 0 bridgehead atoms. The van der Waals surface area contributed by atoms with Crippen molar-refractivity contribution in [3.05, 3.63) is 47.8 Å². The van der Waals surface area contributed by atoms with E-state index in [0.717, 1.165) is 19.5 Å². The maximum Gasteiger partial charge on any atom is 0.0560 e. The number of anilines is 1. The van der Waals surface area contributed by atoms with Gasteiger partial charge in [-0.25, -0.2) is 4.72 Å². The van der Waals surface area contributed by atoms with Crippen LogP contribution in [0.2, 0.25) is 0 Å². The fourth-order valence-corrected chi connectivity index (χ4v) is 3.60. The van der Waals surface area contributed by atoms with Gasteiger partial charge in [0.1, 0.15) is 0 Å². The molecule has 1 aromatic carbocycles. The summed E-state index contributed by atoms with van der Waals surface area (Å²) in [6.45, 7) is 2.05. The number of nitrogens with one attached hydrogen (secondary N) is 1. The largest absolute Gasteiger partial charge is 0.302 e. The lowest BCUT2D eigenvalue weighted by Gasteiger charge is -2.26. The van der Waals surface area contributed by atoms with Gasteiger partial charge in [0.05, 0.1) is 5.69 Å². The van der Waals surface area contributed by atoms with Gasteiger partial charge in [-0.15, -0.1) is 0 Å². The van der Waals surface area contributed by atoms with Crippen LogP contribution in [0.15, 0.2) is 36.7 Å². The highest BCUT2D eigenvalue weighted by molar-refractivity contribution is 7.98. The zero-order valence-electron chi connectivity index (χ0n) is 9.89. The molecule has 2 aliphatic rings. The van der Waals surface area contributed by atoms with Gasteiger partial charge < -0.3 is 4.31 Å². The summed E-state index contributed by atoms with van der Waals surface area (Å²) in [7, 11) is 0. The molecule has 4 rings (SSSR count). The third-order valence-electron chi connectivity index (χ3n) is 3.53. The van der Waals surface area contributed by atoms with Gasteiger partial charge in [-0.05, 0) is 41.3 Å². The molecule has 4 heteroatoms. The third kappa shape index (κ3) is 1.53. The van der Waals surface area contributed by atoms with E-state index in [1.54, 1.807) is 12.1 Å². The topological polar surface area (TPSA) is 28.2 Å². The first-order valence-corrected chi connectivity index (χ1v) is 6.93. The third-order valence-corrected chi connectivity index (χ3v) is 4.39. The smallest absolute Gasteiger partial charge is 0.0560 e. The second-order valence-corrected chi connectivity index (χ2v) is 5.56. The van der Waals surface area contributed by atoms with Gasteiger partial charge in [-0.2, -0.15) is 0 Å². The lowest BCUT2D eigenvalue weighted by molar-refractivity contribution is 0.938. The SMILES string of the molecule is c1cncc(-c2cc3c4c(c2)CNSN4CC3)c1. The molecule has 0 radical (unpaired) electrons. The first-order chi connectivity index (χ1) is 8.92. The number of hydrogen-bond acceptors (Lipinski definition) is 4. The molecule has 3 nitrogen and oxygen atoms in total. The van der Waals surface area contributed by atoms with Crippen LogP contribution in [0, 0.1) is 0 Å². The fourth-order valence-electron chi connectivity index (χ4n) is 2.72. The molecule has 0 atom stereocenters. The predicted molar refractivity (Wildman–Crippen MR) is 75.2 cm³/mol. The molecule has 0 fully saturated rings. The number of nitrogens with zero attached hydrogens (tertiary/aromatic N) is 2. The average molecular weight is 255 g/mol. The minimum Gasteiger partial charge on any atom is -0.302 e. The van der Waals surface area contributed by atoms with E-state index in [9.17, 15) is 0 Å². The van der Waals surface area contributed by atoms with E-state index in [1.807, 2.05) is 18.5 Å². The monoisotopic (exact) mass is 255 g/mol. The minimum absolute atomic E-state index is 0.942. The number of benzene rings is 1. The summed E-state index contributed by atoms with van der Waals surface area (Å²) in [5.41, 5.74) is 6.80. The van der Waals surface area contributed by atoms with Crippen LogP contribution < -0.4 is 9.03 Å². The highest BCUT2D eigenvalue weighted by Gasteiger charge is 2.27. The van der Waals surface area contributed by atoms with Crippen molar-refractivity contribution in [1.82, 2.24) is 9.71 Å². The van der Waals surface area contributed by atoms with Crippen LogP contribution in [0.1, 0.15) is 11.1 Å². The predicted octanol–water partition coefficient (Wildman–Crippen LogP) is 2.78. The van der Waals surface area contributed by atoms with Crippen LogP contribution >= 0.6 is 12.1 Å². The summed E-state index contributed by atoms with van der Waals surface area (Å²) in [6.07, 6.45) is 4.90. The molecular weight excluding hydrogens is 242 g/mol. The average Bonchev–Trinajstić information content (AvgIpc) is 2.85. The first kappa shape index (κ1) is 10.4. The Morgan fingerprint density at radius 1 is 1.22 bits per heavy atom. The standard InChI is InChI=1S/C14H13N3S/c1-2-11(8-15-4-1)12-6-10-3-5-17-14(10)13(7-12)9-16-18-17/h1-2,4,6-8,16H,3,5,9H2. The van der Waals surface area contributed by atoms with Crippen molar-refractivity contribution >= 4 is 17.8 Å². The highest BCUT2D eigenvalue weighted by atomic mass is 32.2. The summed E-state index contributed by atoms with van der Waals surface area (Å²) in [5.74, 6) is 0. The van der Waals surface area contributed by atoms with E-state index in [-0.39, 0.29) is 0 Å². The van der Waals surface area contributed by atoms with Gasteiger partial charge in [-0.1, -0.05) is 6.07 Å². The van der Waals surface area contributed by atoms with Gasteiger partial charge in [0.15, 0.2) is 0 Å². The van der Waals surface area contributed by atoms with Crippen LogP contribution in [0.4, 0.5) is 5.69 Å². The van der Waals surface area contributed by atoms with Crippen LogP contribution in [0.25, 0.3) is 11.1 Å². The Balaban J connectivity index is 1.88. The summed E-state index contributed by atoms with van der Waals surface area (Å²) >= 11 is 1.73. The number of rotatable bonds is 1. The van der Waals surface area contributed by atoms with Crippen molar-refractivity contribution in [2.45, 2.75) is 13.0 Å². The lowest BCUT2D eigenvalue weighted by atomic mass is 9.99. The Bertz CT molecular complexity index is 597. The number of hydrogen-bond donors (Lipinski definition) is 1. The van der Waals surface area contributed by atoms with Crippen molar-refractivity contribution in [3.63, 3.8) is 0 Å². The summed E-state index contributed by atoms with van der Waals surface area (Å²) < 4.78 is 5.74. The molecule has 1 N–H and O–H groups in total. The van der Waals surface area contributed by atoms with Gasteiger partial charge in [0.25, 0.3) is 0 Å². The van der Waals surface area contributed by atoms with Crippen molar-refractivity contribution < 1.29 is 0 Å². The Kier molecular flexibility index (Phi) is 2.31.